The van der Waals surface area contributed by atoms with Crippen LogP contribution in [0.25, 0.3) is 0 Å². The van der Waals surface area contributed by atoms with Gasteiger partial charge in [-0.2, -0.15) is 5.26 Å². The number of halogens is 1. The molecule has 0 fully saturated rings. The van der Waals surface area contributed by atoms with Crippen LogP contribution < -0.4 is 14.8 Å². The minimum Gasteiger partial charge on any atom is -0.454 e. The van der Waals surface area contributed by atoms with E-state index in [0.29, 0.717) is 17.1 Å². The van der Waals surface area contributed by atoms with Gasteiger partial charge in [-0.15, -0.1) is 0 Å². The predicted molar refractivity (Wildman–Crippen MR) is 76.1 cm³/mol. The highest BCUT2D eigenvalue weighted by molar-refractivity contribution is 6.30. The smallest absolute Gasteiger partial charge is 0.231 e. The van der Waals surface area contributed by atoms with Crippen molar-refractivity contribution in [3.8, 4) is 17.6 Å². The summed E-state index contributed by atoms with van der Waals surface area (Å²) in [5, 5.41) is 12.9. The first-order valence-electron chi connectivity index (χ1n) is 6.08. The van der Waals surface area contributed by atoms with Gasteiger partial charge in [-0.05, 0) is 35.9 Å². The van der Waals surface area contributed by atoms with Crippen molar-refractivity contribution in [1.82, 2.24) is 0 Å². The second kappa shape index (κ2) is 5.32. The van der Waals surface area contributed by atoms with Crippen LogP contribution in [-0.2, 0) is 6.54 Å². The summed E-state index contributed by atoms with van der Waals surface area (Å²) in [6.45, 7) is 0.856. The molecule has 1 aliphatic rings. The van der Waals surface area contributed by atoms with E-state index in [1.165, 1.54) is 0 Å². The Labute approximate surface area is 121 Å². The number of nitriles is 1. The van der Waals surface area contributed by atoms with Crippen molar-refractivity contribution in [3.63, 3.8) is 0 Å². The average molecular weight is 287 g/mol. The highest BCUT2D eigenvalue weighted by Crippen LogP contribution is 2.32. The zero-order valence-corrected chi connectivity index (χ0v) is 11.3. The van der Waals surface area contributed by atoms with E-state index in [2.05, 4.69) is 11.4 Å². The Balaban J connectivity index is 1.75. The van der Waals surface area contributed by atoms with E-state index in [1.54, 1.807) is 18.2 Å². The van der Waals surface area contributed by atoms with E-state index in [0.717, 1.165) is 22.7 Å². The van der Waals surface area contributed by atoms with Crippen molar-refractivity contribution in [2.24, 2.45) is 0 Å². The molecule has 2 aromatic carbocycles. The Kier molecular flexibility index (Phi) is 3.36. The number of hydrogen-bond donors (Lipinski definition) is 1. The van der Waals surface area contributed by atoms with Crippen molar-refractivity contribution < 1.29 is 9.47 Å². The van der Waals surface area contributed by atoms with Crippen LogP contribution in [0.4, 0.5) is 5.69 Å². The van der Waals surface area contributed by atoms with Gasteiger partial charge in [-0.25, -0.2) is 0 Å². The number of rotatable bonds is 3. The second-order valence-corrected chi connectivity index (χ2v) is 4.78. The average Bonchev–Trinajstić information content (AvgIpc) is 2.93. The van der Waals surface area contributed by atoms with Crippen molar-refractivity contribution in [1.29, 1.82) is 5.26 Å². The quantitative estimate of drug-likeness (QED) is 0.937. The molecule has 1 heterocycles. The zero-order chi connectivity index (χ0) is 13.9. The molecule has 0 saturated carbocycles. The fourth-order valence-corrected chi connectivity index (χ4v) is 2.18. The standard InChI is InChI=1S/C15H11ClN2O2/c16-12-2-3-13(11(6-12)7-17)18-8-10-1-4-14-15(5-10)20-9-19-14/h1-6,18H,8-9H2. The Morgan fingerprint density at radius 2 is 2.00 bits per heavy atom. The fraction of sp³-hybridized carbons (Fsp3) is 0.133. The molecule has 4 nitrogen and oxygen atoms in total. The Morgan fingerprint density at radius 3 is 2.85 bits per heavy atom. The minimum absolute atomic E-state index is 0.266. The molecule has 0 radical (unpaired) electrons. The maximum Gasteiger partial charge on any atom is 0.231 e. The van der Waals surface area contributed by atoms with Gasteiger partial charge in [0.2, 0.25) is 6.79 Å². The summed E-state index contributed by atoms with van der Waals surface area (Å²) in [6.07, 6.45) is 0. The summed E-state index contributed by atoms with van der Waals surface area (Å²) in [5.74, 6) is 1.51. The Hall–Kier alpha value is -2.38. The molecule has 3 rings (SSSR count). The lowest BCUT2D eigenvalue weighted by atomic mass is 10.1. The fourth-order valence-electron chi connectivity index (χ4n) is 2.01. The van der Waals surface area contributed by atoms with Crippen LogP contribution in [0.3, 0.4) is 0 Å². The molecule has 100 valence electrons. The molecule has 2 aromatic rings. The maximum atomic E-state index is 9.08. The largest absolute Gasteiger partial charge is 0.454 e. The van der Waals surface area contributed by atoms with Gasteiger partial charge < -0.3 is 14.8 Å². The summed E-state index contributed by atoms with van der Waals surface area (Å²) < 4.78 is 10.6. The predicted octanol–water partition coefficient (Wildman–Crippen LogP) is 3.55. The number of nitrogens with zero attached hydrogens (tertiary/aromatic N) is 1. The summed E-state index contributed by atoms with van der Waals surface area (Å²) in [5.41, 5.74) is 2.33. The lowest BCUT2D eigenvalue weighted by Gasteiger charge is -2.09. The number of benzene rings is 2. The molecule has 0 unspecified atom stereocenters. The van der Waals surface area contributed by atoms with E-state index in [1.807, 2.05) is 18.2 Å². The molecule has 0 bridgehead atoms. The summed E-state index contributed by atoms with van der Waals surface area (Å²) in [4.78, 5) is 0. The molecule has 1 N–H and O–H groups in total. The third-order valence-corrected chi connectivity index (χ3v) is 3.26. The van der Waals surface area contributed by atoms with Gasteiger partial charge in [0.15, 0.2) is 11.5 Å². The summed E-state index contributed by atoms with van der Waals surface area (Å²) in [6, 6.07) is 13.1. The highest BCUT2D eigenvalue weighted by Gasteiger charge is 2.13. The zero-order valence-electron chi connectivity index (χ0n) is 10.5. The van der Waals surface area contributed by atoms with Crippen LogP contribution in [0, 0.1) is 11.3 Å². The van der Waals surface area contributed by atoms with Crippen molar-refractivity contribution in [2.45, 2.75) is 6.54 Å². The van der Waals surface area contributed by atoms with Crippen molar-refractivity contribution >= 4 is 17.3 Å². The molecule has 0 aromatic heterocycles. The number of fused-ring (bicyclic) bond motifs is 1. The van der Waals surface area contributed by atoms with Crippen LogP contribution in [0.1, 0.15) is 11.1 Å². The number of ether oxygens (including phenoxy) is 2. The van der Waals surface area contributed by atoms with Gasteiger partial charge in [0.25, 0.3) is 0 Å². The van der Waals surface area contributed by atoms with E-state index in [9.17, 15) is 0 Å². The molecule has 20 heavy (non-hydrogen) atoms. The van der Waals surface area contributed by atoms with E-state index in [4.69, 9.17) is 26.3 Å². The van der Waals surface area contributed by atoms with Crippen molar-refractivity contribution in [3.05, 3.63) is 52.5 Å². The SMILES string of the molecule is N#Cc1cc(Cl)ccc1NCc1ccc2c(c1)OCO2. The molecule has 0 aliphatic carbocycles. The van der Waals surface area contributed by atoms with Crippen LogP contribution in [0.15, 0.2) is 36.4 Å². The highest BCUT2D eigenvalue weighted by atomic mass is 35.5. The molecule has 0 saturated heterocycles. The summed E-state index contributed by atoms with van der Waals surface area (Å²) in [7, 11) is 0. The molecular weight excluding hydrogens is 276 g/mol. The van der Waals surface area contributed by atoms with Crippen LogP contribution in [0.5, 0.6) is 11.5 Å². The monoisotopic (exact) mass is 286 g/mol. The normalized spacial score (nSPS) is 12.0. The van der Waals surface area contributed by atoms with E-state index in [-0.39, 0.29) is 6.79 Å². The van der Waals surface area contributed by atoms with Gasteiger partial charge >= 0.3 is 0 Å². The van der Waals surface area contributed by atoms with Gasteiger partial charge in [0.05, 0.1) is 11.3 Å². The topological polar surface area (TPSA) is 54.3 Å². The van der Waals surface area contributed by atoms with E-state index >= 15 is 0 Å². The van der Waals surface area contributed by atoms with Crippen LogP contribution in [0.2, 0.25) is 5.02 Å². The minimum atomic E-state index is 0.266. The summed E-state index contributed by atoms with van der Waals surface area (Å²) >= 11 is 5.87. The molecule has 1 aliphatic heterocycles. The Bertz CT molecular complexity index is 695. The number of nitrogens with one attached hydrogen (secondary N) is 1. The van der Waals surface area contributed by atoms with Gasteiger partial charge in [0.1, 0.15) is 6.07 Å². The first-order chi connectivity index (χ1) is 9.76. The molecule has 0 atom stereocenters. The number of anilines is 1. The second-order valence-electron chi connectivity index (χ2n) is 4.34. The molecule has 0 amide bonds. The lowest BCUT2D eigenvalue weighted by molar-refractivity contribution is 0.174. The van der Waals surface area contributed by atoms with Crippen molar-refractivity contribution in [2.75, 3.05) is 12.1 Å². The molecule has 5 heteroatoms. The van der Waals surface area contributed by atoms with E-state index < -0.39 is 0 Å². The van der Waals surface area contributed by atoms with Gasteiger partial charge in [-0.3, -0.25) is 0 Å². The lowest BCUT2D eigenvalue weighted by Crippen LogP contribution is -2.01. The first-order valence-corrected chi connectivity index (χ1v) is 6.46. The molecule has 0 spiro atoms. The first kappa shape index (κ1) is 12.6. The maximum absolute atomic E-state index is 9.08. The molecular formula is C15H11ClN2O2. The van der Waals surface area contributed by atoms with Gasteiger partial charge in [0, 0.05) is 11.6 Å². The Morgan fingerprint density at radius 1 is 1.15 bits per heavy atom. The van der Waals surface area contributed by atoms with Crippen LogP contribution in [-0.4, -0.2) is 6.79 Å². The van der Waals surface area contributed by atoms with Crippen LogP contribution >= 0.6 is 11.6 Å². The third-order valence-electron chi connectivity index (χ3n) is 3.02. The van der Waals surface area contributed by atoms with Gasteiger partial charge in [-0.1, -0.05) is 17.7 Å². The third kappa shape index (κ3) is 2.49. The number of hydrogen-bond acceptors (Lipinski definition) is 4.